The Hall–Kier alpha value is -1.91. The summed E-state index contributed by atoms with van der Waals surface area (Å²) >= 11 is 0. The van der Waals surface area contributed by atoms with Crippen LogP contribution in [0.4, 0.5) is 0 Å². The smallest absolute Gasteiger partial charge is 0.178 e. The molecule has 110 valence electrons. The van der Waals surface area contributed by atoms with E-state index in [2.05, 4.69) is 0 Å². The molecule has 0 N–H and O–H groups in total. The first kappa shape index (κ1) is 14.0. The van der Waals surface area contributed by atoms with Gasteiger partial charge in [0.25, 0.3) is 0 Å². The second kappa shape index (κ2) is 5.13. The predicted molar refractivity (Wildman–Crippen MR) is 80.3 cm³/mol. The molecule has 0 aliphatic heterocycles. The SMILES string of the molecule is COCC1(COC)C(=O)c2cccc3cc(OC)cc1c23. The molecule has 4 heteroatoms. The van der Waals surface area contributed by atoms with Gasteiger partial charge in [-0.15, -0.1) is 0 Å². The summed E-state index contributed by atoms with van der Waals surface area (Å²) in [5.41, 5.74) is 0.875. The third-order valence-electron chi connectivity index (χ3n) is 4.16. The molecule has 0 spiro atoms. The average Bonchev–Trinajstić information content (AvgIpc) is 2.73. The van der Waals surface area contributed by atoms with E-state index in [0.717, 1.165) is 27.6 Å². The molecule has 3 rings (SSSR count). The molecule has 0 bridgehead atoms. The molecule has 4 nitrogen and oxygen atoms in total. The van der Waals surface area contributed by atoms with E-state index in [9.17, 15) is 4.79 Å². The molecule has 21 heavy (non-hydrogen) atoms. The fourth-order valence-corrected chi connectivity index (χ4v) is 3.29. The number of carbonyl (C=O) groups excluding carboxylic acids is 1. The molecule has 0 aromatic heterocycles. The van der Waals surface area contributed by atoms with Gasteiger partial charge >= 0.3 is 0 Å². The highest BCUT2D eigenvalue weighted by Crippen LogP contribution is 2.44. The topological polar surface area (TPSA) is 44.8 Å². The van der Waals surface area contributed by atoms with Crippen LogP contribution < -0.4 is 4.74 Å². The number of benzene rings is 2. The number of carbonyl (C=O) groups is 1. The van der Waals surface area contributed by atoms with Crippen molar-refractivity contribution >= 4 is 16.6 Å². The second-order valence-electron chi connectivity index (χ2n) is 5.36. The average molecular weight is 286 g/mol. The van der Waals surface area contributed by atoms with Gasteiger partial charge in [0.1, 0.15) is 11.2 Å². The predicted octanol–water partition coefficient (Wildman–Crippen LogP) is 2.58. The van der Waals surface area contributed by atoms with Crippen LogP contribution in [0.2, 0.25) is 0 Å². The van der Waals surface area contributed by atoms with E-state index in [-0.39, 0.29) is 19.0 Å². The summed E-state index contributed by atoms with van der Waals surface area (Å²) in [7, 11) is 4.83. The molecule has 0 atom stereocenters. The highest BCUT2D eigenvalue weighted by Gasteiger charge is 2.48. The number of rotatable bonds is 5. The monoisotopic (exact) mass is 286 g/mol. The third kappa shape index (κ3) is 1.87. The number of methoxy groups -OCH3 is 3. The van der Waals surface area contributed by atoms with E-state index in [1.54, 1.807) is 21.3 Å². The Balaban J connectivity index is 2.34. The highest BCUT2D eigenvalue weighted by molar-refractivity contribution is 6.20. The summed E-state index contributed by atoms with van der Waals surface area (Å²) in [4.78, 5) is 13.0. The van der Waals surface area contributed by atoms with E-state index in [1.807, 2.05) is 30.3 Å². The van der Waals surface area contributed by atoms with Gasteiger partial charge in [-0.05, 0) is 28.5 Å². The van der Waals surface area contributed by atoms with Gasteiger partial charge in [-0.25, -0.2) is 0 Å². The molecule has 0 heterocycles. The molecule has 1 aliphatic rings. The lowest BCUT2D eigenvalue weighted by atomic mass is 9.81. The fraction of sp³-hybridized carbons (Fsp3) is 0.353. The van der Waals surface area contributed by atoms with Crippen molar-refractivity contribution in [3.63, 3.8) is 0 Å². The Labute approximate surface area is 123 Å². The van der Waals surface area contributed by atoms with Gasteiger partial charge in [-0.1, -0.05) is 18.2 Å². The van der Waals surface area contributed by atoms with Crippen LogP contribution in [0, 0.1) is 0 Å². The third-order valence-corrected chi connectivity index (χ3v) is 4.16. The number of hydrogen-bond donors (Lipinski definition) is 0. The zero-order valence-corrected chi connectivity index (χ0v) is 12.4. The van der Waals surface area contributed by atoms with Gasteiger partial charge in [-0.3, -0.25) is 4.79 Å². The lowest BCUT2D eigenvalue weighted by molar-refractivity contribution is 0.0482. The molecule has 0 fully saturated rings. The quantitative estimate of drug-likeness (QED) is 0.847. The second-order valence-corrected chi connectivity index (χ2v) is 5.36. The normalized spacial score (nSPS) is 15.7. The van der Waals surface area contributed by atoms with Crippen molar-refractivity contribution in [2.45, 2.75) is 5.41 Å². The van der Waals surface area contributed by atoms with Gasteiger partial charge in [0, 0.05) is 19.8 Å². The molecule has 0 amide bonds. The van der Waals surface area contributed by atoms with Crippen molar-refractivity contribution in [1.29, 1.82) is 0 Å². The molecular weight excluding hydrogens is 268 g/mol. The first-order valence-corrected chi connectivity index (χ1v) is 6.82. The van der Waals surface area contributed by atoms with Crippen molar-refractivity contribution < 1.29 is 19.0 Å². The van der Waals surface area contributed by atoms with Crippen LogP contribution in [0.15, 0.2) is 30.3 Å². The summed E-state index contributed by atoms with van der Waals surface area (Å²) in [6.07, 6.45) is 0. The maximum atomic E-state index is 13.0. The molecule has 0 radical (unpaired) electrons. The number of ether oxygens (including phenoxy) is 3. The first-order chi connectivity index (χ1) is 10.2. The molecule has 0 saturated carbocycles. The van der Waals surface area contributed by atoms with Crippen molar-refractivity contribution in [3.05, 3.63) is 41.5 Å². The molecular formula is C17H18O4. The standard InChI is InChI=1S/C17H18O4/c1-19-9-17(10-20-2)14-8-12(21-3)7-11-5-4-6-13(15(11)14)16(17)18/h4-8H,9-10H2,1-3H3. The van der Waals surface area contributed by atoms with Crippen LogP contribution in [-0.4, -0.2) is 40.3 Å². The molecule has 2 aromatic rings. The van der Waals surface area contributed by atoms with E-state index in [4.69, 9.17) is 14.2 Å². The minimum absolute atomic E-state index is 0.0556. The van der Waals surface area contributed by atoms with E-state index in [1.165, 1.54) is 0 Å². The largest absolute Gasteiger partial charge is 0.497 e. The van der Waals surface area contributed by atoms with E-state index >= 15 is 0 Å². The van der Waals surface area contributed by atoms with Gasteiger partial charge in [-0.2, -0.15) is 0 Å². The summed E-state index contributed by atoms with van der Waals surface area (Å²) in [5.74, 6) is 0.793. The Morgan fingerprint density at radius 1 is 1.05 bits per heavy atom. The zero-order chi connectivity index (χ0) is 15.0. The number of hydrogen-bond acceptors (Lipinski definition) is 4. The maximum absolute atomic E-state index is 13.0. The number of ketones is 1. The van der Waals surface area contributed by atoms with Crippen LogP contribution in [0.3, 0.4) is 0 Å². The van der Waals surface area contributed by atoms with Crippen molar-refractivity contribution in [2.24, 2.45) is 0 Å². The van der Waals surface area contributed by atoms with Crippen molar-refractivity contribution in [3.8, 4) is 5.75 Å². The van der Waals surface area contributed by atoms with Crippen LogP contribution in [-0.2, 0) is 14.9 Å². The lowest BCUT2D eigenvalue weighted by Crippen LogP contribution is -2.41. The van der Waals surface area contributed by atoms with Gasteiger partial charge in [0.15, 0.2) is 5.78 Å². The lowest BCUT2D eigenvalue weighted by Gasteiger charge is -2.27. The van der Waals surface area contributed by atoms with Crippen molar-refractivity contribution in [1.82, 2.24) is 0 Å². The van der Waals surface area contributed by atoms with E-state index in [0.29, 0.717) is 0 Å². The summed E-state index contributed by atoms with van der Waals surface area (Å²) in [6, 6.07) is 9.63. The zero-order valence-electron chi connectivity index (χ0n) is 12.4. The molecule has 0 saturated heterocycles. The molecule has 1 aliphatic carbocycles. The Kier molecular flexibility index (Phi) is 3.43. The Morgan fingerprint density at radius 2 is 1.76 bits per heavy atom. The van der Waals surface area contributed by atoms with Gasteiger partial charge in [0.05, 0.1) is 20.3 Å². The molecule has 0 unspecified atom stereocenters. The fourth-order valence-electron chi connectivity index (χ4n) is 3.29. The summed E-state index contributed by atoms with van der Waals surface area (Å²) in [5, 5.41) is 1.99. The maximum Gasteiger partial charge on any atom is 0.178 e. The van der Waals surface area contributed by atoms with E-state index < -0.39 is 5.41 Å². The Bertz CT molecular complexity index is 699. The molecule has 2 aromatic carbocycles. The first-order valence-electron chi connectivity index (χ1n) is 6.82. The van der Waals surface area contributed by atoms with Gasteiger partial charge in [0.2, 0.25) is 0 Å². The summed E-state index contributed by atoms with van der Waals surface area (Å²) in [6.45, 7) is 0.577. The van der Waals surface area contributed by atoms with Crippen LogP contribution in [0.5, 0.6) is 5.75 Å². The van der Waals surface area contributed by atoms with Crippen LogP contribution in [0.1, 0.15) is 15.9 Å². The number of Topliss-reactive ketones (excluding diaryl/α,β-unsaturated/α-hetero) is 1. The minimum atomic E-state index is -0.792. The van der Waals surface area contributed by atoms with Crippen molar-refractivity contribution in [2.75, 3.05) is 34.5 Å². The van der Waals surface area contributed by atoms with Crippen LogP contribution >= 0.6 is 0 Å². The summed E-state index contributed by atoms with van der Waals surface area (Å²) < 4.78 is 16.1. The van der Waals surface area contributed by atoms with Gasteiger partial charge < -0.3 is 14.2 Å². The highest BCUT2D eigenvalue weighted by atomic mass is 16.5. The van der Waals surface area contributed by atoms with Crippen LogP contribution in [0.25, 0.3) is 10.8 Å². The minimum Gasteiger partial charge on any atom is -0.497 e. The Morgan fingerprint density at radius 3 is 2.38 bits per heavy atom.